The van der Waals surface area contributed by atoms with Crippen molar-refractivity contribution in [2.45, 2.75) is 12.5 Å². The highest BCUT2D eigenvalue weighted by molar-refractivity contribution is 7.12. The topological polar surface area (TPSA) is 84.4 Å². The zero-order chi connectivity index (χ0) is 19.5. The molecular weight excluding hydrogens is 380 g/mol. The van der Waals surface area contributed by atoms with E-state index in [0.717, 1.165) is 39.3 Å². The number of hydrogen-bond donors (Lipinski definition) is 2. The Hall–Kier alpha value is -2.42. The van der Waals surface area contributed by atoms with E-state index >= 15 is 0 Å². The Bertz CT molecular complexity index is 853. The molecule has 0 spiro atoms. The van der Waals surface area contributed by atoms with E-state index in [-0.39, 0.29) is 11.4 Å². The summed E-state index contributed by atoms with van der Waals surface area (Å²) < 4.78 is 10.9. The SMILES string of the molecule is O=C(C1=C(O)C(=O)N(CCC[NH+]2CCOCC2)[C@H]1c1ccco1)c1cccs1. The smallest absolute Gasteiger partial charge is 0.290 e. The molecule has 2 aliphatic rings. The number of ether oxygens (including phenoxy) is 1. The van der Waals surface area contributed by atoms with Gasteiger partial charge >= 0.3 is 0 Å². The number of aliphatic hydroxyl groups is 1. The number of morpholine rings is 1. The molecule has 2 aliphatic heterocycles. The Labute approximate surface area is 166 Å². The van der Waals surface area contributed by atoms with Crippen LogP contribution in [0.4, 0.5) is 0 Å². The minimum absolute atomic E-state index is 0.0983. The summed E-state index contributed by atoms with van der Waals surface area (Å²) in [5.74, 6) is -0.837. The Balaban J connectivity index is 1.54. The van der Waals surface area contributed by atoms with Crippen molar-refractivity contribution in [2.75, 3.05) is 39.4 Å². The number of carbonyl (C=O) groups is 2. The number of ketones is 1. The van der Waals surface area contributed by atoms with Crippen LogP contribution in [0.15, 0.2) is 51.7 Å². The fourth-order valence-corrected chi connectivity index (χ4v) is 4.49. The number of Topliss-reactive ketones (excluding diaryl/α,β-unsaturated/α-hetero) is 1. The predicted molar refractivity (Wildman–Crippen MR) is 102 cm³/mol. The van der Waals surface area contributed by atoms with Crippen molar-refractivity contribution in [1.82, 2.24) is 4.90 Å². The molecule has 0 radical (unpaired) electrons. The number of carbonyl (C=O) groups excluding carboxylic acids is 2. The normalized spacial score (nSPS) is 20.9. The fraction of sp³-hybridized carbons (Fsp3) is 0.400. The largest absolute Gasteiger partial charge is 0.503 e. The van der Waals surface area contributed by atoms with Crippen LogP contribution in [0.2, 0.25) is 0 Å². The summed E-state index contributed by atoms with van der Waals surface area (Å²) >= 11 is 1.29. The summed E-state index contributed by atoms with van der Waals surface area (Å²) in [5, 5.41) is 12.3. The van der Waals surface area contributed by atoms with Gasteiger partial charge < -0.3 is 24.1 Å². The van der Waals surface area contributed by atoms with Crippen molar-refractivity contribution in [3.05, 3.63) is 57.9 Å². The van der Waals surface area contributed by atoms with Crippen LogP contribution >= 0.6 is 11.3 Å². The second-order valence-electron chi connectivity index (χ2n) is 6.95. The standard InChI is InChI=1S/C20H22N2O5S/c23-18(15-5-2-13-28-15)16-17(14-4-1-10-27-14)22(20(25)19(16)24)7-3-6-21-8-11-26-12-9-21/h1-2,4-5,10,13,17,24H,3,6-9,11-12H2/p+1/t17-/m0/s1. The quantitative estimate of drug-likeness (QED) is 0.680. The summed E-state index contributed by atoms with van der Waals surface area (Å²) in [6.07, 6.45) is 2.28. The van der Waals surface area contributed by atoms with Gasteiger partial charge in [-0.2, -0.15) is 0 Å². The van der Waals surface area contributed by atoms with Crippen molar-refractivity contribution in [3.63, 3.8) is 0 Å². The molecule has 4 rings (SSSR count). The third-order valence-corrected chi connectivity index (χ3v) is 6.10. The van der Waals surface area contributed by atoms with Gasteiger partial charge in [-0.05, 0) is 23.6 Å². The molecule has 1 fully saturated rings. The van der Waals surface area contributed by atoms with Crippen LogP contribution in [0.3, 0.4) is 0 Å². The number of hydrogen-bond acceptors (Lipinski definition) is 6. The number of rotatable bonds is 7. The van der Waals surface area contributed by atoms with Crippen molar-refractivity contribution in [2.24, 2.45) is 0 Å². The lowest BCUT2D eigenvalue weighted by Crippen LogP contribution is -3.14. The van der Waals surface area contributed by atoms with E-state index in [1.54, 1.807) is 34.5 Å². The van der Waals surface area contributed by atoms with E-state index in [1.165, 1.54) is 22.5 Å². The third kappa shape index (κ3) is 3.63. The summed E-state index contributed by atoms with van der Waals surface area (Å²) in [5.41, 5.74) is 0.0983. The zero-order valence-corrected chi connectivity index (χ0v) is 16.2. The van der Waals surface area contributed by atoms with E-state index in [4.69, 9.17) is 9.15 Å². The monoisotopic (exact) mass is 403 g/mol. The van der Waals surface area contributed by atoms with Crippen molar-refractivity contribution in [1.29, 1.82) is 0 Å². The third-order valence-electron chi connectivity index (χ3n) is 5.24. The van der Waals surface area contributed by atoms with Crippen LogP contribution < -0.4 is 4.90 Å². The van der Waals surface area contributed by atoms with Gasteiger partial charge in [-0.3, -0.25) is 9.59 Å². The highest BCUT2D eigenvalue weighted by Gasteiger charge is 2.45. The Morgan fingerprint density at radius 1 is 1.29 bits per heavy atom. The van der Waals surface area contributed by atoms with Gasteiger partial charge in [0.05, 0.1) is 36.5 Å². The van der Waals surface area contributed by atoms with Gasteiger partial charge in [0, 0.05) is 13.0 Å². The Morgan fingerprint density at radius 2 is 2.11 bits per heavy atom. The fourth-order valence-electron chi connectivity index (χ4n) is 3.81. The maximum absolute atomic E-state index is 13.0. The van der Waals surface area contributed by atoms with Gasteiger partial charge in [-0.25, -0.2) is 0 Å². The van der Waals surface area contributed by atoms with Crippen molar-refractivity contribution in [3.8, 4) is 0 Å². The summed E-state index contributed by atoms with van der Waals surface area (Å²) in [6.45, 7) is 4.79. The maximum Gasteiger partial charge on any atom is 0.290 e. The molecular formula is C20H23N2O5S+. The van der Waals surface area contributed by atoms with E-state index in [1.807, 2.05) is 0 Å². The minimum Gasteiger partial charge on any atom is -0.503 e. The van der Waals surface area contributed by atoms with Gasteiger partial charge in [-0.1, -0.05) is 6.07 Å². The highest BCUT2D eigenvalue weighted by Crippen LogP contribution is 2.39. The van der Waals surface area contributed by atoms with Crippen LogP contribution in [-0.4, -0.2) is 61.1 Å². The van der Waals surface area contributed by atoms with E-state index in [0.29, 0.717) is 17.2 Å². The van der Waals surface area contributed by atoms with Crippen LogP contribution in [0.25, 0.3) is 0 Å². The summed E-state index contributed by atoms with van der Waals surface area (Å²) in [4.78, 5) is 29.3. The Morgan fingerprint density at radius 3 is 2.79 bits per heavy atom. The van der Waals surface area contributed by atoms with Gasteiger partial charge in [-0.15, -0.1) is 11.3 Å². The molecule has 0 aromatic carbocycles. The lowest BCUT2D eigenvalue weighted by atomic mass is 10.00. The second kappa shape index (κ2) is 8.30. The lowest BCUT2D eigenvalue weighted by molar-refractivity contribution is -0.908. The molecule has 1 saturated heterocycles. The second-order valence-corrected chi connectivity index (χ2v) is 7.90. The number of aliphatic hydroxyl groups excluding tert-OH is 1. The maximum atomic E-state index is 13.0. The first-order valence-corrected chi connectivity index (χ1v) is 10.3. The molecule has 0 aliphatic carbocycles. The summed E-state index contributed by atoms with van der Waals surface area (Å²) in [7, 11) is 0. The van der Waals surface area contributed by atoms with Crippen molar-refractivity contribution >= 4 is 23.0 Å². The molecule has 2 aromatic heterocycles. The van der Waals surface area contributed by atoms with E-state index < -0.39 is 17.7 Å². The molecule has 148 valence electrons. The average molecular weight is 403 g/mol. The van der Waals surface area contributed by atoms with Gasteiger partial charge in [0.2, 0.25) is 5.78 Å². The molecule has 2 aromatic rings. The number of nitrogens with zero attached hydrogens (tertiary/aromatic N) is 1. The number of nitrogens with one attached hydrogen (secondary N) is 1. The number of amides is 1. The van der Waals surface area contributed by atoms with E-state index in [9.17, 15) is 14.7 Å². The lowest BCUT2D eigenvalue weighted by Gasteiger charge is -2.27. The van der Waals surface area contributed by atoms with Crippen molar-refractivity contribution < 1.29 is 28.7 Å². The van der Waals surface area contributed by atoms with Crippen LogP contribution in [0.1, 0.15) is 27.9 Å². The molecule has 28 heavy (non-hydrogen) atoms. The Kier molecular flexibility index (Phi) is 5.61. The first-order valence-electron chi connectivity index (χ1n) is 9.44. The predicted octanol–water partition coefficient (Wildman–Crippen LogP) is 1.22. The van der Waals surface area contributed by atoms with Crippen LogP contribution in [0, 0.1) is 0 Å². The molecule has 2 N–H and O–H groups in total. The number of thiophene rings is 1. The molecule has 0 bridgehead atoms. The zero-order valence-electron chi connectivity index (χ0n) is 15.4. The van der Waals surface area contributed by atoms with Gasteiger partial charge in [0.25, 0.3) is 5.91 Å². The molecule has 0 saturated carbocycles. The molecule has 7 nitrogen and oxygen atoms in total. The van der Waals surface area contributed by atoms with Crippen LogP contribution in [0.5, 0.6) is 0 Å². The minimum atomic E-state index is -0.697. The highest BCUT2D eigenvalue weighted by atomic mass is 32.1. The molecule has 4 heterocycles. The molecule has 0 unspecified atom stereocenters. The van der Waals surface area contributed by atoms with Crippen LogP contribution in [-0.2, 0) is 9.53 Å². The summed E-state index contributed by atoms with van der Waals surface area (Å²) in [6, 6.07) is 6.23. The average Bonchev–Trinajstić information content (AvgIpc) is 3.46. The van der Waals surface area contributed by atoms with Gasteiger partial charge in [0.1, 0.15) is 24.9 Å². The number of quaternary nitrogens is 1. The molecule has 1 amide bonds. The van der Waals surface area contributed by atoms with E-state index in [2.05, 4.69) is 0 Å². The molecule has 8 heteroatoms. The molecule has 1 atom stereocenters. The number of furan rings is 1. The van der Waals surface area contributed by atoms with Gasteiger partial charge in [0.15, 0.2) is 5.76 Å². The first kappa shape index (κ1) is 18.9. The first-order chi connectivity index (χ1) is 13.7.